The maximum Gasteiger partial charge on any atom is 0.429 e. The van der Waals surface area contributed by atoms with Gasteiger partial charge in [0.1, 0.15) is 11.5 Å². The lowest BCUT2D eigenvalue weighted by atomic mass is 10.2. The summed E-state index contributed by atoms with van der Waals surface area (Å²) in [7, 11) is 0. The number of aromatic nitrogens is 1. The molecule has 24 heavy (non-hydrogen) atoms. The first-order valence-electron chi connectivity index (χ1n) is 6.79. The fraction of sp³-hybridized carbons (Fsp3) is 0.357. The third-order valence-electron chi connectivity index (χ3n) is 3.17. The lowest BCUT2D eigenvalue weighted by molar-refractivity contribution is -0.116. The number of thiazole rings is 1. The number of hydrogen-bond acceptors (Lipinski definition) is 4. The molecule has 2 N–H and O–H groups in total. The summed E-state index contributed by atoms with van der Waals surface area (Å²) < 4.78 is 52.6. The summed E-state index contributed by atoms with van der Waals surface area (Å²) in [6.45, 7) is 3.50. The van der Waals surface area contributed by atoms with Crippen LogP contribution in [0, 0.1) is 11.2 Å². The van der Waals surface area contributed by atoms with Gasteiger partial charge < -0.3 is 10.7 Å². The van der Waals surface area contributed by atoms with E-state index in [2.05, 4.69) is 0 Å². The van der Waals surface area contributed by atoms with Crippen LogP contribution in [0.4, 0.5) is 23.2 Å². The van der Waals surface area contributed by atoms with Gasteiger partial charge in [-0.15, -0.1) is 0 Å². The van der Waals surface area contributed by atoms with Crippen LogP contribution in [0.5, 0.6) is 0 Å². The molecule has 1 aromatic heterocycles. The molecule has 0 saturated carbocycles. The van der Waals surface area contributed by atoms with E-state index in [4.69, 9.17) is 5.41 Å². The number of amides is 1. The predicted octanol–water partition coefficient (Wildman–Crippen LogP) is 3.69. The number of hydrogen-bond donors (Lipinski definition) is 2. The minimum atomic E-state index is -4.91. The van der Waals surface area contributed by atoms with Gasteiger partial charge in [-0.25, -0.2) is 4.39 Å². The molecule has 0 aliphatic carbocycles. The molecule has 5 nitrogen and oxygen atoms in total. The maximum atomic E-state index is 14.0. The molecule has 0 unspecified atom stereocenters. The highest BCUT2D eigenvalue weighted by Gasteiger charge is 2.35. The molecule has 0 fully saturated rings. The molecule has 0 aliphatic rings. The lowest BCUT2D eigenvalue weighted by Gasteiger charge is -2.11. The van der Waals surface area contributed by atoms with Gasteiger partial charge in [-0.05, 0) is 26.0 Å². The first kappa shape index (κ1) is 18.1. The molecule has 2 aromatic rings. The highest BCUT2D eigenvalue weighted by molar-refractivity contribution is 7.16. The number of carbonyl (C=O) groups is 1. The normalized spacial score (nSPS) is 12.0. The van der Waals surface area contributed by atoms with Crippen LogP contribution >= 0.6 is 11.3 Å². The first-order chi connectivity index (χ1) is 11.0. The largest absolute Gasteiger partial charge is 0.429 e. The van der Waals surface area contributed by atoms with E-state index in [1.54, 1.807) is 13.8 Å². The summed E-state index contributed by atoms with van der Waals surface area (Å²) >= 11 is 0.835. The molecule has 10 heteroatoms. The molecule has 2 rings (SSSR count). The summed E-state index contributed by atoms with van der Waals surface area (Å²) in [5, 5.41) is 8.81. The molecular weight excluding hydrogens is 350 g/mol. The Morgan fingerprint density at radius 3 is 2.54 bits per heavy atom. The van der Waals surface area contributed by atoms with Gasteiger partial charge in [0.2, 0.25) is 5.91 Å². The van der Waals surface area contributed by atoms with Gasteiger partial charge in [0.25, 0.3) is 0 Å². The van der Waals surface area contributed by atoms with Gasteiger partial charge >= 0.3 is 11.0 Å². The van der Waals surface area contributed by atoms with Gasteiger partial charge in [0.05, 0.1) is 22.3 Å². The fourth-order valence-electron chi connectivity index (χ4n) is 2.10. The van der Waals surface area contributed by atoms with E-state index >= 15 is 0 Å². The van der Waals surface area contributed by atoms with Crippen LogP contribution < -0.4 is 10.2 Å². The molecule has 0 radical (unpaired) electrons. The number of alkyl halides is 3. The summed E-state index contributed by atoms with van der Waals surface area (Å²) in [4.78, 5) is 23.2. The van der Waals surface area contributed by atoms with E-state index in [1.807, 2.05) is 5.32 Å². The Hall–Kier alpha value is -2.23. The standard InChI is InChI=1S/C14H13F4N3O2S/c1-6(2)21-9-4-8(7(15)3-10(9)24-13(21)23)20-12(22)5-11(19)14(16,17)18/h3-4,6,19H,5H2,1-2H3,(H,20,22). The third kappa shape index (κ3) is 3.64. The van der Waals surface area contributed by atoms with Gasteiger partial charge in [0.15, 0.2) is 0 Å². The number of nitrogens with one attached hydrogen (secondary N) is 2. The minimum Gasteiger partial charge on any atom is -0.323 e. The van der Waals surface area contributed by atoms with E-state index < -0.39 is 30.0 Å². The van der Waals surface area contributed by atoms with Crippen LogP contribution in [0.2, 0.25) is 0 Å². The molecule has 130 valence electrons. The van der Waals surface area contributed by atoms with E-state index in [0.29, 0.717) is 10.2 Å². The highest BCUT2D eigenvalue weighted by atomic mass is 32.1. The van der Waals surface area contributed by atoms with Gasteiger partial charge in [-0.1, -0.05) is 11.3 Å². The average Bonchev–Trinajstić information content (AvgIpc) is 2.72. The van der Waals surface area contributed by atoms with Crippen molar-refractivity contribution < 1.29 is 22.4 Å². The van der Waals surface area contributed by atoms with Crippen molar-refractivity contribution in [1.82, 2.24) is 4.57 Å². The van der Waals surface area contributed by atoms with E-state index in [-0.39, 0.29) is 16.6 Å². The van der Waals surface area contributed by atoms with E-state index in [0.717, 1.165) is 17.4 Å². The zero-order valence-electron chi connectivity index (χ0n) is 12.6. The molecule has 0 saturated heterocycles. The number of benzene rings is 1. The maximum absolute atomic E-state index is 14.0. The highest BCUT2D eigenvalue weighted by Crippen LogP contribution is 2.27. The second kappa shape index (κ2) is 6.34. The molecule has 0 aliphatic heterocycles. The van der Waals surface area contributed by atoms with Crippen molar-refractivity contribution in [1.29, 1.82) is 5.41 Å². The Bertz CT molecular complexity index is 867. The quantitative estimate of drug-likeness (QED) is 0.642. The van der Waals surface area contributed by atoms with Crippen molar-refractivity contribution in [3.05, 3.63) is 27.6 Å². The summed E-state index contributed by atoms with van der Waals surface area (Å²) in [5.41, 5.74) is -1.69. The van der Waals surface area contributed by atoms with Crippen molar-refractivity contribution in [3.8, 4) is 0 Å². The van der Waals surface area contributed by atoms with Crippen LogP contribution in [0.1, 0.15) is 26.3 Å². The molecular formula is C14H13F4N3O2S. The van der Waals surface area contributed by atoms with E-state index in [9.17, 15) is 27.2 Å². The Kier molecular flexibility index (Phi) is 4.79. The zero-order chi connectivity index (χ0) is 18.2. The number of anilines is 1. The second-order valence-corrected chi connectivity index (χ2v) is 6.33. The molecule has 0 spiro atoms. The van der Waals surface area contributed by atoms with Crippen molar-refractivity contribution in [2.45, 2.75) is 32.5 Å². The Morgan fingerprint density at radius 2 is 2.00 bits per heavy atom. The Morgan fingerprint density at radius 1 is 1.38 bits per heavy atom. The summed E-state index contributed by atoms with van der Waals surface area (Å²) in [6, 6.07) is 2.04. The molecule has 1 amide bonds. The predicted molar refractivity (Wildman–Crippen MR) is 83.5 cm³/mol. The van der Waals surface area contributed by atoms with Crippen LogP contribution in [-0.4, -0.2) is 22.4 Å². The summed E-state index contributed by atoms with van der Waals surface area (Å²) in [6.07, 6.45) is -6.13. The average molecular weight is 363 g/mol. The smallest absolute Gasteiger partial charge is 0.323 e. The zero-order valence-corrected chi connectivity index (χ0v) is 13.4. The Labute approximate surface area is 137 Å². The minimum absolute atomic E-state index is 0.210. The third-order valence-corrected chi connectivity index (χ3v) is 4.09. The van der Waals surface area contributed by atoms with Gasteiger partial charge in [-0.3, -0.25) is 14.2 Å². The number of halogens is 4. The van der Waals surface area contributed by atoms with Crippen LogP contribution in [0.25, 0.3) is 10.2 Å². The first-order valence-corrected chi connectivity index (χ1v) is 7.61. The summed E-state index contributed by atoms with van der Waals surface area (Å²) in [5.74, 6) is -2.03. The van der Waals surface area contributed by atoms with Crippen LogP contribution in [0.3, 0.4) is 0 Å². The molecule has 1 aromatic carbocycles. The SMILES string of the molecule is CC(C)n1c(=O)sc2cc(F)c(NC(=O)CC(=N)C(F)(F)F)cc21. The lowest BCUT2D eigenvalue weighted by Crippen LogP contribution is -2.27. The van der Waals surface area contributed by atoms with Gasteiger partial charge in [-0.2, -0.15) is 13.2 Å². The van der Waals surface area contributed by atoms with Crippen molar-refractivity contribution in [3.63, 3.8) is 0 Å². The monoisotopic (exact) mass is 363 g/mol. The fourth-order valence-corrected chi connectivity index (χ4v) is 3.12. The number of carbonyl (C=O) groups excluding carboxylic acids is 1. The molecule has 0 bridgehead atoms. The Balaban J connectivity index is 2.34. The second-order valence-electron chi connectivity index (χ2n) is 5.33. The number of nitrogens with zero attached hydrogens (tertiary/aromatic N) is 1. The van der Waals surface area contributed by atoms with Crippen molar-refractivity contribution >= 4 is 38.9 Å². The van der Waals surface area contributed by atoms with Crippen LogP contribution in [-0.2, 0) is 4.79 Å². The van der Waals surface area contributed by atoms with E-state index in [1.165, 1.54) is 10.6 Å². The number of rotatable bonds is 4. The molecule has 1 heterocycles. The van der Waals surface area contributed by atoms with Crippen molar-refractivity contribution in [2.24, 2.45) is 0 Å². The van der Waals surface area contributed by atoms with Crippen molar-refractivity contribution in [2.75, 3.05) is 5.32 Å². The van der Waals surface area contributed by atoms with Gasteiger partial charge in [0, 0.05) is 6.04 Å². The topological polar surface area (TPSA) is 75.0 Å². The number of fused-ring (bicyclic) bond motifs is 1. The molecule has 0 atom stereocenters. The van der Waals surface area contributed by atoms with Crippen LogP contribution in [0.15, 0.2) is 16.9 Å².